The summed E-state index contributed by atoms with van der Waals surface area (Å²) in [6, 6.07) is 11.6. The lowest BCUT2D eigenvalue weighted by Gasteiger charge is -2.48. The van der Waals surface area contributed by atoms with Crippen molar-refractivity contribution in [3.05, 3.63) is 53.9 Å². The van der Waals surface area contributed by atoms with Gasteiger partial charge in [0.15, 0.2) is 5.96 Å². The summed E-state index contributed by atoms with van der Waals surface area (Å²) in [5.74, 6) is 1.76. The van der Waals surface area contributed by atoms with Gasteiger partial charge >= 0.3 is 0 Å². The highest BCUT2D eigenvalue weighted by Crippen LogP contribution is 2.31. The number of aromatic nitrogens is 2. The van der Waals surface area contributed by atoms with E-state index in [1.165, 1.54) is 36.9 Å². The molecular weight excluding hydrogens is 360 g/mol. The molecule has 0 aliphatic carbocycles. The van der Waals surface area contributed by atoms with E-state index in [1.807, 2.05) is 17.9 Å². The molecule has 2 atom stereocenters. The number of fused-ring (bicyclic) bond motifs is 1. The third kappa shape index (κ3) is 4.99. The standard InChI is InChI=1S/C23H34N6/c1-19-15-26-29(16-19)14-11-25-23(24-2)28-13-10-22-21(18-28)9-6-12-27(22)17-20-7-4-3-5-8-20/h3-5,7-8,15-16,21-22H,6,9-14,17-18H2,1-2H3,(H,24,25). The van der Waals surface area contributed by atoms with E-state index < -0.39 is 0 Å². The zero-order chi connectivity index (χ0) is 20.1. The van der Waals surface area contributed by atoms with Crippen LogP contribution in [0.2, 0.25) is 0 Å². The second-order valence-corrected chi connectivity index (χ2v) is 8.42. The first-order valence-corrected chi connectivity index (χ1v) is 11.0. The average Bonchev–Trinajstić information content (AvgIpc) is 3.17. The fraction of sp³-hybridized carbons (Fsp3) is 0.565. The van der Waals surface area contributed by atoms with Crippen LogP contribution >= 0.6 is 0 Å². The number of hydrogen-bond donors (Lipinski definition) is 1. The zero-order valence-corrected chi connectivity index (χ0v) is 17.8. The van der Waals surface area contributed by atoms with Crippen LogP contribution in [0.25, 0.3) is 0 Å². The number of aryl methyl sites for hydroxylation is 1. The van der Waals surface area contributed by atoms with Crippen molar-refractivity contribution < 1.29 is 0 Å². The lowest BCUT2D eigenvalue weighted by atomic mass is 9.83. The molecule has 6 nitrogen and oxygen atoms in total. The van der Waals surface area contributed by atoms with Gasteiger partial charge in [-0.1, -0.05) is 30.3 Å². The molecule has 4 rings (SSSR count). The van der Waals surface area contributed by atoms with E-state index in [-0.39, 0.29) is 0 Å². The van der Waals surface area contributed by atoms with E-state index in [9.17, 15) is 0 Å². The highest BCUT2D eigenvalue weighted by Gasteiger charge is 2.36. The van der Waals surface area contributed by atoms with Gasteiger partial charge in [0, 0.05) is 45.5 Å². The van der Waals surface area contributed by atoms with Crippen molar-refractivity contribution in [1.82, 2.24) is 24.9 Å². The Hall–Kier alpha value is -2.34. The minimum atomic E-state index is 0.699. The molecule has 2 aliphatic heterocycles. The molecule has 0 bridgehead atoms. The van der Waals surface area contributed by atoms with Gasteiger partial charge in [-0.15, -0.1) is 0 Å². The van der Waals surface area contributed by atoms with Crippen molar-refractivity contribution in [2.75, 3.05) is 33.2 Å². The molecule has 2 aromatic rings. The van der Waals surface area contributed by atoms with Crippen LogP contribution in [0.4, 0.5) is 0 Å². The average molecular weight is 395 g/mol. The van der Waals surface area contributed by atoms with Gasteiger partial charge in [0.2, 0.25) is 0 Å². The first-order valence-electron chi connectivity index (χ1n) is 11.0. The van der Waals surface area contributed by atoms with E-state index in [4.69, 9.17) is 0 Å². The number of rotatable bonds is 5. The highest BCUT2D eigenvalue weighted by molar-refractivity contribution is 5.80. The summed E-state index contributed by atoms with van der Waals surface area (Å²) in [5.41, 5.74) is 2.63. The van der Waals surface area contributed by atoms with Gasteiger partial charge in [0.1, 0.15) is 0 Å². The van der Waals surface area contributed by atoms with Crippen molar-refractivity contribution in [3.8, 4) is 0 Å². The minimum Gasteiger partial charge on any atom is -0.354 e. The van der Waals surface area contributed by atoms with Gasteiger partial charge in [-0.05, 0) is 49.8 Å². The number of piperidine rings is 2. The van der Waals surface area contributed by atoms with E-state index in [1.54, 1.807) is 0 Å². The summed E-state index contributed by atoms with van der Waals surface area (Å²) < 4.78 is 1.99. The molecule has 0 spiro atoms. The van der Waals surface area contributed by atoms with E-state index >= 15 is 0 Å². The third-order valence-corrected chi connectivity index (χ3v) is 6.31. The summed E-state index contributed by atoms with van der Waals surface area (Å²) in [7, 11) is 1.90. The molecule has 6 heteroatoms. The first-order chi connectivity index (χ1) is 14.2. The molecule has 0 amide bonds. The van der Waals surface area contributed by atoms with Crippen LogP contribution in [0.3, 0.4) is 0 Å². The van der Waals surface area contributed by atoms with Crippen LogP contribution in [0, 0.1) is 12.8 Å². The fourth-order valence-corrected chi connectivity index (χ4v) is 4.92. The molecule has 156 valence electrons. The molecule has 2 saturated heterocycles. The van der Waals surface area contributed by atoms with Crippen molar-refractivity contribution >= 4 is 5.96 Å². The maximum absolute atomic E-state index is 4.56. The maximum Gasteiger partial charge on any atom is 0.193 e. The normalized spacial score (nSPS) is 23.1. The van der Waals surface area contributed by atoms with Crippen LogP contribution in [0.15, 0.2) is 47.7 Å². The predicted molar refractivity (Wildman–Crippen MR) is 118 cm³/mol. The van der Waals surface area contributed by atoms with Crippen LogP contribution in [-0.2, 0) is 13.1 Å². The number of guanidine groups is 1. The molecule has 0 saturated carbocycles. The lowest BCUT2D eigenvalue weighted by Crippen LogP contribution is -2.56. The van der Waals surface area contributed by atoms with Crippen molar-refractivity contribution in [1.29, 1.82) is 0 Å². The van der Waals surface area contributed by atoms with E-state index in [0.29, 0.717) is 6.04 Å². The van der Waals surface area contributed by atoms with Gasteiger partial charge in [0.25, 0.3) is 0 Å². The Morgan fingerprint density at radius 1 is 1.21 bits per heavy atom. The molecule has 29 heavy (non-hydrogen) atoms. The van der Waals surface area contributed by atoms with Gasteiger partial charge in [0.05, 0.1) is 12.7 Å². The summed E-state index contributed by atoms with van der Waals surface area (Å²) in [6.07, 6.45) is 7.84. The number of likely N-dealkylation sites (tertiary alicyclic amines) is 2. The quantitative estimate of drug-likeness (QED) is 0.626. The molecule has 1 aromatic carbocycles. The minimum absolute atomic E-state index is 0.699. The van der Waals surface area contributed by atoms with Crippen LogP contribution in [0.1, 0.15) is 30.4 Å². The summed E-state index contributed by atoms with van der Waals surface area (Å²) in [5, 5.41) is 7.91. The third-order valence-electron chi connectivity index (χ3n) is 6.31. The van der Waals surface area contributed by atoms with Crippen LogP contribution in [0.5, 0.6) is 0 Å². The summed E-state index contributed by atoms with van der Waals surface area (Å²) in [6.45, 7) is 8.27. The number of benzene rings is 1. The Labute approximate surface area is 174 Å². The number of hydrogen-bond acceptors (Lipinski definition) is 3. The van der Waals surface area contributed by atoms with Gasteiger partial charge in [-0.2, -0.15) is 5.10 Å². The molecule has 3 heterocycles. The molecule has 1 aromatic heterocycles. The van der Waals surface area contributed by atoms with E-state index in [2.05, 4.69) is 68.7 Å². The van der Waals surface area contributed by atoms with Gasteiger partial charge in [-0.25, -0.2) is 0 Å². The molecule has 0 radical (unpaired) electrons. The monoisotopic (exact) mass is 394 g/mol. The van der Waals surface area contributed by atoms with Crippen molar-refractivity contribution in [2.24, 2.45) is 10.9 Å². The van der Waals surface area contributed by atoms with Gasteiger partial charge < -0.3 is 10.2 Å². The smallest absolute Gasteiger partial charge is 0.193 e. The molecule has 2 aliphatic rings. The summed E-state index contributed by atoms with van der Waals surface area (Å²) >= 11 is 0. The number of nitrogens with one attached hydrogen (secondary N) is 1. The topological polar surface area (TPSA) is 48.7 Å². The highest BCUT2D eigenvalue weighted by atomic mass is 15.3. The van der Waals surface area contributed by atoms with Crippen LogP contribution in [-0.4, -0.2) is 64.8 Å². The lowest BCUT2D eigenvalue weighted by molar-refractivity contribution is 0.0372. The van der Waals surface area contributed by atoms with E-state index in [0.717, 1.165) is 44.6 Å². The number of aliphatic imine (C=N–C) groups is 1. The number of nitrogens with zero attached hydrogens (tertiary/aromatic N) is 5. The second-order valence-electron chi connectivity index (χ2n) is 8.42. The first kappa shape index (κ1) is 20.0. The second kappa shape index (κ2) is 9.44. The summed E-state index contributed by atoms with van der Waals surface area (Å²) in [4.78, 5) is 9.74. The Kier molecular flexibility index (Phi) is 6.49. The molecule has 1 N–H and O–H groups in total. The largest absolute Gasteiger partial charge is 0.354 e. The van der Waals surface area contributed by atoms with Crippen LogP contribution < -0.4 is 5.32 Å². The zero-order valence-electron chi connectivity index (χ0n) is 17.8. The molecule has 2 fully saturated rings. The Morgan fingerprint density at radius 2 is 2.07 bits per heavy atom. The Balaban J connectivity index is 1.31. The fourth-order valence-electron chi connectivity index (χ4n) is 4.92. The van der Waals surface area contributed by atoms with Crippen molar-refractivity contribution in [3.63, 3.8) is 0 Å². The SMILES string of the molecule is CN=C(NCCn1cc(C)cn1)N1CCC2C(CCCN2Cc2ccccc2)C1. The molecular formula is C23H34N6. The van der Waals surface area contributed by atoms with Gasteiger partial charge in [-0.3, -0.25) is 14.6 Å². The maximum atomic E-state index is 4.56. The Morgan fingerprint density at radius 3 is 2.83 bits per heavy atom. The Bertz CT molecular complexity index is 799. The predicted octanol–water partition coefficient (Wildman–Crippen LogP) is 2.75. The molecule has 2 unspecified atom stereocenters. The van der Waals surface area contributed by atoms with Crippen molar-refractivity contribution in [2.45, 2.75) is 45.3 Å².